The molecule has 4 N–H and O–H groups in total. The smallest absolute Gasteiger partial charge is 0.244 e. The van der Waals surface area contributed by atoms with Gasteiger partial charge < -0.3 is 21.3 Å². The molecule has 3 atom stereocenters. The number of amides is 3. The molecule has 8 nitrogen and oxygen atoms in total. The van der Waals surface area contributed by atoms with Gasteiger partial charge in [-0.05, 0) is 13.3 Å². The molecule has 8 heteroatoms. The number of Topliss-reactive ketones (excluding diaryl/α,β-unsaturated/α-hetero) is 1. The monoisotopic (exact) mass is 354 g/mol. The Morgan fingerprint density at radius 3 is 2.08 bits per heavy atom. The zero-order chi connectivity index (χ0) is 19.4. The minimum atomic E-state index is -0.923. The van der Waals surface area contributed by atoms with Crippen LogP contribution < -0.4 is 21.3 Å². The van der Waals surface area contributed by atoms with E-state index in [1.807, 2.05) is 6.92 Å². The molecule has 0 fully saturated rings. The average molecular weight is 354 g/mol. The van der Waals surface area contributed by atoms with E-state index in [9.17, 15) is 19.2 Å². The number of hydrogen-bond acceptors (Lipinski definition) is 5. The Morgan fingerprint density at radius 2 is 1.56 bits per heavy atom. The van der Waals surface area contributed by atoms with E-state index < -0.39 is 17.9 Å². The van der Waals surface area contributed by atoms with Crippen molar-refractivity contribution in [2.45, 2.75) is 46.6 Å². The lowest BCUT2D eigenvalue weighted by molar-refractivity contribution is -0.131. The molecule has 0 heterocycles. The maximum atomic E-state index is 12.3. The lowest BCUT2D eigenvalue weighted by atomic mass is 10.1. The molecule has 0 aromatic heterocycles. The van der Waals surface area contributed by atoms with Crippen LogP contribution in [0.25, 0.3) is 0 Å². The van der Waals surface area contributed by atoms with E-state index in [2.05, 4.69) is 21.3 Å². The number of carbonyl (C=O) groups is 4. The van der Waals surface area contributed by atoms with E-state index >= 15 is 0 Å². The predicted octanol–water partition coefficient (Wildman–Crippen LogP) is -0.377. The SMILES string of the molecule is [CH]NCC(C)C(=O)NC(CNC(=O)C(C)CC)C(=O)NCCC(C)=O. The highest BCUT2D eigenvalue weighted by atomic mass is 16.2. The number of carbonyl (C=O) groups excluding carboxylic acids is 4. The van der Waals surface area contributed by atoms with Crippen LogP contribution in [0, 0.1) is 18.9 Å². The van der Waals surface area contributed by atoms with Crippen molar-refractivity contribution in [3.8, 4) is 0 Å². The molecule has 0 aliphatic heterocycles. The van der Waals surface area contributed by atoms with Gasteiger partial charge in [0.2, 0.25) is 17.7 Å². The van der Waals surface area contributed by atoms with Gasteiger partial charge in [-0.1, -0.05) is 20.8 Å². The molecule has 0 aromatic rings. The highest BCUT2D eigenvalue weighted by Gasteiger charge is 2.24. The van der Waals surface area contributed by atoms with Crippen LogP contribution in [0.5, 0.6) is 0 Å². The van der Waals surface area contributed by atoms with Gasteiger partial charge in [0.1, 0.15) is 11.8 Å². The minimum Gasteiger partial charge on any atom is -0.354 e. The molecule has 142 valence electrons. The molecule has 3 amide bonds. The molecule has 0 aliphatic carbocycles. The lowest BCUT2D eigenvalue weighted by Crippen LogP contribution is -2.54. The molecule has 0 aliphatic rings. The third-order valence-electron chi connectivity index (χ3n) is 3.82. The van der Waals surface area contributed by atoms with E-state index in [4.69, 9.17) is 7.05 Å². The summed E-state index contributed by atoms with van der Waals surface area (Å²) in [5, 5.41) is 10.3. The molecular formula is C17H30N4O4. The van der Waals surface area contributed by atoms with Crippen molar-refractivity contribution in [2.75, 3.05) is 19.6 Å². The fraction of sp³-hybridized carbons (Fsp3) is 0.706. The molecule has 0 spiro atoms. The van der Waals surface area contributed by atoms with Crippen molar-refractivity contribution in [2.24, 2.45) is 11.8 Å². The summed E-state index contributed by atoms with van der Waals surface area (Å²) in [6, 6.07) is -0.923. The van der Waals surface area contributed by atoms with Crippen molar-refractivity contribution in [3.63, 3.8) is 0 Å². The summed E-state index contributed by atoms with van der Waals surface area (Å²) in [6.07, 6.45) is 0.881. The van der Waals surface area contributed by atoms with Crippen molar-refractivity contribution in [1.29, 1.82) is 0 Å². The second kappa shape index (κ2) is 12.4. The summed E-state index contributed by atoms with van der Waals surface area (Å²) in [4.78, 5) is 47.2. The van der Waals surface area contributed by atoms with Gasteiger partial charge in [-0.2, -0.15) is 0 Å². The first-order valence-corrected chi connectivity index (χ1v) is 8.51. The van der Waals surface area contributed by atoms with Crippen LogP contribution in [0.15, 0.2) is 0 Å². The third kappa shape index (κ3) is 9.81. The first-order chi connectivity index (χ1) is 11.7. The largest absolute Gasteiger partial charge is 0.354 e. The van der Waals surface area contributed by atoms with E-state index in [-0.39, 0.29) is 49.6 Å². The van der Waals surface area contributed by atoms with Gasteiger partial charge in [-0.15, -0.1) is 0 Å². The van der Waals surface area contributed by atoms with Crippen LogP contribution in [-0.2, 0) is 19.2 Å². The number of rotatable bonds is 12. The van der Waals surface area contributed by atoms with Gasteiger partial charge in [0.05, 0.1) is 0 Å². The second-order valence-electron chi connectivity index (χ2n) is 6.17. The molecule has 0 aromatic carbocycles. The van der Waals surface area contributed by atoms with Crippen molar-refractivity contribution in [1.82, 2.24) is 21.3 Å². The van der Waals surface area contributed by atoms with Gasteiger partial charge in [-0.3, -0.25) is 19.2 Å². The topological polar surface area (TPSA) is 116 Å². The van der Waals surface area contributed by atoms with E-state index in [0.717, 1.165) is 0 Å². The summed E-state index contributed by atoms with van der Waals surface area (Å²) in [5.41, 5.74) is 0. The molecule has 25 heavy (non-hydrogen) atoms. The first kappa shape index (κ1) is 23.0. The van der Waals surface area contributed by atoms with Crippen molar-refractivity contribution in [3.05, 3.63) is 7.05 Å². The number of ketones is 1. The van der Waals surface area contributed by atoms with Crippen LogP contribution in [0.2, 0.25) is 0 Å². The van der Waals surface area contributed by atoms with Crippen LogP contribution in [0.1, 0.15) is 40.5 Å². The first-order valence-electron chi connectivity index (χ1n) is 8.51. The van der Waals surface area contributed by atoms with Crippen molar-refractivity contribution >= 4 is 23.5 Å². The van der Waals surface area contributed by atoms with E-state index in [1.165, 1.54) is 6.92 Å². The summed E-state index contributed by atoms with van der Waals surface area (Å²) in [7, 11) is 5.20. The molecule has 0 rings (SSSR count). The molecule has 3 unspecified atom stereocenters. The Hall–Kier alpha value is -1.96. The van der Waals surface area contributed by atoms with Crippen molar-refractivity contribution < 1.29 is 19.2 Å². The predicted molar refractivity (Wildman–Crippen MR) is 94.2 cm³/mol. The van der Waals surface area contributed by atoms with Crippen LogP contribution in [0.4, 0.5) is 0 Å². The number of nitrogens with one attached hydrogen (secondary N) is 4. The highest BCUT2D eigenvalue weighted by Crippen LogP contribution is 2.00. The Morgan fingerprint density at radius 1 is 0.920 bits per heavy atom. The summed E-state index contributed by atoms with van der Waals surface area (Å²) in [6.45, 7) is 7.17. The molecular weight excluding hydrogens is 324 g/mol. The van der Waals surface area contributed by atoms with Crippen LogP contribution in [0.3, 0.4) is 0 Å². The maximum Gasteiger partial charge on any atom is 0.244 e. The maximum absolute atomic E-state index is 12.3. The minimum absolute atomic E-state index is 0.0242. The fourth-order valence-corrected chi connectivity index (χ4v) is 1.84. The second-order valence-corrected chi connectivity index (χ2v) is 6.17. The molecule has 0 saturated heterocycles. The lowest BCUT2D eigenvalue weighted by Gasteiger charge is -2.21. The van der Waals surface area contributed by atoms with E-state index in [0.29, 0.717) is 6.42 Å². The number of hydrogen-bond donors (Lipinski definition) is 4. The van der Waals surface area contributed by atoms with Crippen LogP contribution in [-0.4, -0.2) is 49.2 Å². The fourth-order valence-electron chi connectivity index (χ4n) is 1.84. The molecule has 2 radical (unpaired) electrons. The Kier molecular flexibility index (Phi) is 11.4. The molecule has 0 bridgehead atoms. The Bertz CT molecular complexity index is 468. The standard InChI is InChI=1S/C17H30N4O4/c1-6-11(2)15(23)20-10-14(17(25)19-8-7-13(4)22)21-16(24)12(3)9-18-5/h5,11-12,14,18H,6-10H2,1-4H3,(H,19,25)(H,20,23)(H,21,24). The Balaban J connectivity index is 4.79. The highest BCUT2D eigenvalue weighted by molar-refractivity contribution is 5.89. The zero-order valence-corrected chi connectivity index (χ0v) is 15.5. The third-order valence-corrected chi connectivity index (χ3v) is 3.82. The van der Waals surface area contributed by atoms with Gasteiger partial charge >= 0.3 is 0 Å². The normalized spacial score (nSPS) is 14.1. The molecule has 0 saturated carbocycles. The van der Waals surface area contributed by atoms with Crippen LogP contribution >= 0.6 is 0 Å². The summed E-state index contributed by atoms with van der Waals surface area (Å²) >= 11 is 0. The summed E-state index contributed by atoms with van der Waals surface area (Å²) < 4.78 is 0. The Labute approximate surface area is 149 Å². The summed E-state index contributed by atoms with van der Waals surface area (Å²) in [5.74, 6) is -1.67. The quantitative estimate of drug-likeness (QED) is 0.357. The van der Waals surface area contributed by atoms with E-state index in [1.54, 1.807) is 13.8 Å². The van der Waals surface area contributed by atoms with Gasteiger partial charge in [0.25, 0.3) is 0 Å². The van der Waals surface area contributed by atoms with Gasteiger partial charge in [0.15, 0.2) is 0 Å². The van der Waals surface area contributed by atoms with Gasteiger partial charge in [-0.25, -0.2) is 0 Å². The zero-order valence-electron chi connectivity index (χ0n) is 15.5. The average Bonchev–Trinajstić information content (AvgIpc) is 2.56. The van der Waals surface area contributed by atoms with Gasteiger partial charge in [0, 0.05) is 44.9 Å².